The van der Waals surface area contributed by atoms with Crippen molar-refractivity contribution in [2.45, 2.75) is 45.1 Å². The predicted octanol–water partition coefficient (Wildman–Crippen LogP) is 4.91. The van der Waals surface area contributed by atoms with E-state index in [0.717, 1.165) is 48.4 Å². The van der Waals surface area contributed by atoms with Gasteiger partial charge >= 0.3 is 5.97 Å². The van der Waals surface area contributed by atoms with Gasteiger partial charge in [0, 0.05) is 30.3 Å². The van der Waals surface area contributed by atoms with Gasteiger partial charge in [0.15, 0.2) is 0 Å². The fourth-order valence-corrected chi connectivity index (χ4v) is 4.59. The second-order valence-electron chi connectivity index (χ2n) is 8.44. The quantitative estimate of drug-likeness (QED) is 0.365. The van der Waals surface area contributed by atoms with Gasteiger partial charge in [0.1, 0.15) is 5.75 Å². The first-order chi connectivity index (χ1) is 15.2. The Labute approximate surface area is 185 Å². The highest BCUT2D eigenvalue weighted by molar-refractivity contribution is 5.89. The molecular weight excluding hydrogens is 386 g/mol. The summed E-state index contributed by atoms with van der Waals surface area (Å²) in [5, 5.41) is 0. The van der Waals surface area contributed by atoms with Crippen LogP contribution in [-0.4, -0.2) is 43.2 Å². The SMILES string of the molecule is CCOC(=O)c1ccc(C#Cc2ccc(OCCCN3CC4CCC3CC4)cc2)cc1. The Balaban J connectivity index is 1.22. The van der Waals surface area contributed by atoms with Crippen molar-refractivity contribution in [1.82, 2.24) is 4.90 Å². The summed E-state index contributed by atoms with van der Waals surface area (Å²) in [5.74, 6) is 7.82. The van der Waals surface area contributed by atoms with Gasteiger partial charge in [-0.3, -0.25) is 4.90 Å². The van der Waals surface area contributed by atoms with E-state index in [4.69, 9.17) is 9.47 Å². The van der Waals surface area contributed by atoms with E-state index in [1.165, 1.54) is 32.2 Å². The van der Waals surface area contributed by atoms with E-state index in [1.807, 2.05) is 36.4 Å². The maximum Gasteiger partial charge on any atom is 0.338 e. The highest BCUT2D eigenvalue weighted by atomic mass is 16.5. The lowest BCUT2D eigenvalue weighted by Crippen LogP contribution is -2.48. The fourth-order valence-electron chi connectivity index (χ4n) is 4.59. The number of hydrogen-bond acceptors (Lipinski definition) is 4. The monoisotopic (exact) mass is 417 g/mol. The Kier molecular flexibility index (Phi) is 7.27. The second kappa shape index (κ2) is 10.5. The molecule has 2 saturated heterocycles. The van der Waals surface area contributed by atoms with E-state index >= 15 is 0 Å². The molecular formula is C27H31NO3. The van der Waals surface area contributed by atoms with Crippen LogP contribution in [0.4, 0.5) is 0 Å². The minimum atomic E-state index is -0.305. The third-order valence-corrected chi connectivity index (χ3v) is 6.29. The number of nitrogens with zero attached hydrogens (tertiary/aromatic N) is 1. The molecule has 1 aliphatic carbocycles. The van der Waals surface area contributed by atoms with Crippen molar-refractivity contribution in [3.8, 4) is 17.6 Å². The van der Waals surface area contributed by atoms with Crippen LogP contribution in [0.15, 0.2) is 48.5 Å². The van der Waals surface area contributed by atoms with Crippen LogP contribution in [0.5, 0.6) is 5.75 Å². The molecule has 2 aliphatic heterocycles. The lowest BCUT2D eigenvalue weighted by molar-refractivity contribution is 0.0452. The van der Waals surface area contributed by atoms with Crippen molar-refractivity contribution in [1.29, 1.82) is 0 Å². The van der Waals surface area contributed by atoms with Crippen molar-refractivity contribution in [2.75, 3.05) is 26.3 Å². The van der Waals surface area contributed by atoms with Crippen LogP contribution in [0.25, 0.3) is 0 Å². The van der Waals surface area contributed by atoms with E-state index in [-0.39, 0.29) is 5.97 Å². The summed E-state index contributed by atoms with van der Waals surface area (Å²) in [5.41, 5.74) is 2.34. The minimum Gasteiger partial charge on any atom is -0.494 e. The Bertz CT molecular complexity index is 916. The Morgan fingerprint density at radius 1 is 0.968 bits per heavy atom. The molecule has 0 spiro atoms. The van der Waals surface area contributed by atoms with E-state index in [1.54, 1.807) is 19.1 Å². The highest BCUT2D eigenvalue weighted by Gasteiger charge is 2.32. The third-order valence-electron chi connectivity index (χ3n) is 6.29. The lowest BCUT2D eigenvalue weighted by atomic mass is 9.80. The maximum absolute atomic E-state index is 11.7. The standard InChI is InChI=1S/C27H31NO3/c1-2-30-27(29)24-12-6-21(7-13-24)4-5-22-10-16-26(17-11-22)31-19-3-18-28-20-23-8-14-25(28)15-9-23/h6-7,10-13,16-17,23,25H,2-3,8-9,14-15,18-20H2,1H3. The molecule has 4 nitrogen and oxygen atoms in total. The fraction of sp³-hybridized carbons (Fsp3) is 0.444. The molecule has 3 aliphatic rings. The summed E-state index contributed by atoms with van der Waals surface area (Å²) in [6, 6.07) is 15.9. The molecule has 1 saturated carbocycles. The van der Waals surface area contributed by atoms with Gasteiger partial charge < -0.3 is 9.47 Å². The van der Waals surface area contributed by atoms with Crippen molar-refractivity contribution in [3.05, 3.63) is 65.2 Å². The van der Waals surface area contributed by atoms with Crippen molar-refractivity contribution in [3.63, 3.8) is 0 Å². The number of carbonyl (C=O) groups is 1. The molecule has 0 atom stereocenters. The number of benzene rings is 2. The molecule has 0 amide bonds. The molecule has 31 heavy (non-hydrogen) atoms. The van der Waals surface area contributed by atoms with Gasteiger partial charge in [-0.2, -0.15) is 0 Å². The first kappa shape index (κ1) is 21.5. The van der Waals surface area contributed by atoms with Crippen molar-refractivity contribution < 1.29 is 14.3 Å². The number of fused-ring (bicyclic) bond motifs is 3. The third kappa shape index (κ3) is 5.89. The Morgan fingerprint density at radius 3 is 2.19 bits per heavy atom. The second-order valence-corrected chi connectivity index (χ2v) is 8.44. The van der Waals surface area contributed by atoms with Crippen molar-refractivity contribution in [2.24, 2.45) is 5.92 Å². The first-order valence-corrected chi connectivity index (χ1v) is 11.5. The number of esters is 1. The summed E-state index contributed by atoms with van der Waals surface area (Å²) < 4.78 is 10.9. The number of piperidine rings is 2. The zero-order valence-electron chi connectivity index (χ0n) is 18.3. The van der Waals surface area contributed by atoms with E-state index < -0.39 is 0 Å². The summed E-state index contributed by atoms with van der Waals surface area (Å²) >= 11 is 0. The summed E-state index contributed by atoms with van der Waals surface area (Å²) in [6.45, 7) is 5.38. The van der Waals surface area contributed by atoms with Gasteiger partial charge in [-0.05, 0) is 93.5 Å². The Morgan fingerprint density at radius 2 is 1.61 bits per heavy atom. The molecule has 2 aromatic rings. The van der Waals surface area contributed by atoms with E-state index in [9.17, 15) is 4.79 Å². The van der Waals surface area contributed by atoms with Crippen molar-refractivity contribution >= 4 is 5.97 Å². The minimum absolute atomic E-state index is 0.305. The molecule has 2 bridgehead atoms. The highest BCUT2D eigenvalue weighted by Crippen LogP contribution is 2.34. The summed E-state index contributed by atoms with van der Waals surface area (Å²) in [4.78, 5) is 14.4. The molecule has 0 N–H and O–H groups in total. The molecule has 3 fully saturated rings. The van der Waals surface area contributed by atoms with Crippen LogP contribution < -0.4 is 4.74 Å². The van der Waals surface area contributed by atoms with Gasteiger partial charge in [0.25, 0.3) is 0 Å². The molecule has 0 aromatic heterocycles. The van der Waals surface area contributed by atoms with Gasteiger partial charge in [-0.15, -0.1) is 0 Å². The van der Waals surface area contributed by atoms with Crippen LogP contribution in [0.3, 0.4) is 0 Å². The molecule has 5 rings (SSSR count). The van der Waals surface area contributed by atoms with Gasteiger partial charge in [-0.25, -0.2) is 4.79 Å². The van der Waals surface area contributed by atoms with Gasteiger partial charge in [-0.1, -0.05) is 11.8 Å². The van der Waals surface area contributed by atoms with Gasteiger partial charge in [0.2, 0.25) is 0 Å². The van der Waals surface area contributed by atoms with Crippen LogP contribution >= 0.6 is 0 Å². The molecule has 4 heteroatoms. The smallest absolute Gasteiger partial charge is 0.338 e. The average Bonchev–Trinajstić information content (AvgIpc) is 2.82. The number of ether oxygens (including phenoxy) is 2. The maximum atomic E-state index is 11.7. The number of rotatable bonds is 7. The van der Waals surface area contributed by atoms with Crippen LogP contribution in [0.1, 0.15) is 60.5 Å². The average molecular weight is 418 g/mol. The molecule has 0 radical (unpaired) electrons. The Hall–Kier alpha value is -2.77. The number of hydrogen-bond donors (Lipinski definition) is 0. The molecule has 162 valence electrons. The summed E-state index contributed by atoms with van der Waals surface area (Å²) in [7, 11) is 0. The normalized spacial score (nSPS) is 20.0. The topological polar surface area (TPSA) is 38.8 Å². The van der Waals surface area contributed by atoms with Crippen LogP contribution in [0, 0.1) is 17.8 Å². The molecule has 2 heterocycles. The number of carbonyl (C=O) groups excluding carboxylic acids is 1. The largest absolute Gasteiger partial charge is 0.494 e. The first-order valence-electron chi connectivity index (χ1n) is 11.5. The zero-order valence-corrected chi connectivity index (χ0v) is 18.3. The summed E-state index contributed by atoms with van der Waals surface area (Å²) in [6.07, 6.45) is 6.73. The molecule has 2 aromatic carbocycles. The van der Waals surface area contributed by atoms with Crippen LogP contribution in [0.2, 0.25) is 0 Å². The van der Waals surface area contributed by atoms with Gasteiger partial charge in [0.05, 0.1) is 18.8 Å². The van der Waals surface area contributed by atoms with Crippen LogP contribution in [-0.2, 0) is 4.74 Å². The van der Waals surface area contributed by atoms with E-state index in [0.29, 0.717) is 12.2 Å². The predicted molar refractivity (Wildman–Crippen MR) is 122 cm³/mol. The molecule has 0 unspecified atom stereocenters. The lowest BCUT2D eigenvalue weighted by Gasteiger charge is -2.45. The van der Waals surface area contributed by atoms with E-state index in [2.05, 4.69) is 16.7 Å². The zero-order chi connectivity index (χ0) is 21.5.